The van der Waals surface area contributed by atoms with Crippen molar-refractivity contribution < 1.29 is 22.4 Å². The second-order valence-corrected chi connectivity index (χ2v) is 9.49. The van der Waals surface area contributed by atoms with Crippen LogP contribution in [0, 0.1) is 12.7 Å². The number of nitrogens with zero attached hydrogens (tertiary/aromatic N) is 3. The minimum Gasteiger partial charge on any atom is -0.291 e. The summed E-state index contributed by atoms with van der Waals surface area (Å²) in [4.78, 5) is 28.3. The number of aryl methyl sites for hydroxylation is 1. The molecular formula is C21H22FN3O4S. The Bertz CT molecular complexity index is 1100. The lowest BCUT2D eigenvalue weighted by Crippen LogP contribution is -2.43. The zero-order valence-electron chi connectivity index (χ0n) is 16.5. The Morgan fingerprint density at radius 2 is 1.70 bits per heavy atom. The van der Waals surface area contributed by atoms with E-state index in [1.54, 1.807) is 12.1 Å². The van der Waals surface area contributed by atoms with E-state index >= 15 is 0 Å². The van der Waals surface area contributed by atoms with Crippen molar-refractivity contribution in [3.8, 4) is 0 Å². The molecule has 0 unspecified atom stereocenters. The fourth-order valence-electron chi connectivity index (χ4n) is 3.84. The number of sulfonamides is 1. The number of Topliss-reactive ketones (excluding diaryl/α,β-unsaturated/α-hetero) is 1. The van der Waals surface area contributed by atoms with Gasteiger partial charge in [0.25, 0.3) is 5.78 Å². The number of halogens is 1. The van der Waals surface area contributed by atoms with Gasteiger partial charge in [-0.05, 0) is 49.7 Å². The maximum absolute atomic E-state index is 13.1. The summed E-state index contributed by atoms with van der Waals surface area (Å²) in [5, 5.41) is 0. The van der Waals surface area contributed by atoms with Crippen molar-refractivity contribution >= 4 is 27.4 Å². The highest BCUT2D eigenvalue weighted by atomic mass is 32.2. The van der Waals surface area contributed by atoms with Crippen molar-refractivity contribution in [3.05, 3.63) is 59.4 Å². The lowest BCUT2D eigenvalue weighted by Gasteiger charge is -2.26. The summed E-state index contributed by atoms with van der Waals surface area (Å²) < 4.78 is 40.3. The van der Waals surface area contributed by atoms with E-state index in [0.29, 0.717) is 37.3 Å². The van der Waals surface area contributed by atoms with Gasteiger partial charge in [-0.1, -0.05) is 11.6 Å². The molecule has 2 aliphatic heterocycles. The summed E-state index contributed by atoms with van der Waals surface area (Å²) in [6.45, 7) is 3.68. The molecule has 2 aromatic carbocycles. The maximum atomic E-state index is 13.1. The van der Waals surface area contributed by atoms with E-state index in [1.807, 2.05) is 17.9 Å². The normalized spacial score (nSPS) is 18.5. The van der Waals surface area contributed by atoms with E-state index in [1.165, 1.54) is 21.3 Å². The Labute approximate surface area is 174 Å². The number of carbonyl (C=O) groups excluding carboxylic acids is 2. The third-order valence-electron chi connectivity index (χ3n) is 5.47. The SMILES string of the molecule is Cc1ccc2c(c1)C(=O)C(=O)N2CN1CCCN(S(=O)(=O)c2ccc(F)cc2)CC1. The number of fused-ring (bicyclic) bond motifs is 1. The van der Waals surface area contributed by atoms with Gasteiger partial charge in [0.1, 0.15) is 5.82 Å². The lowest BCUT2D eigenvalue weighted by atomic mass is 10.1. The highest BCUT2D eigenvalue weighted by molar-refractivity contribution is 7.89. The molecule has 0 N–H and O–H groups in total. The van der Waals surface area contributed by atoms with Crippen LogP contribution in [0.3, 0.4) is 0 Å². The first-order valence-electron chi connectivity index (χ1n) is 9.72. The van der Waals surface area contributed by atoms with Gasteiger partial charge in [0.2, 0.25) is 10.0 Å². The Balaban J connectivity index is 1.47. The molecule has 9 heteroatoms. The summed E-state index contributed by atoms with van der Waals surface area (Å²) in [5.74, 6) is -1.56. The Hall–Kier alpha value is -2.62. The summed E-state index contributed by atoms with van der Waals surface area (Å²) in [6, 6.07) is 10.1. The monoisotopic (exact) mass is 431 g/mol. The average molecular weight is 431 g/mol. The van der Waals surface area contributed by atoms with E-state index in [2.05, 4.69) is 0 Å². The molecule has 1 amide bonds. The van der Waals surface area contributed by atoms with E-state index in [0.717, 1.165) is 17.7 Å². The van der Waals surface area contributed by atoms with Crippen molar-refractivity contribution in [2.75, 3.05) is 37.7 Å². The minimum absolute atomic E-state index is 0.0574. The number of amides is 1. The van der Waals surface area contributed by atoms with E-state index in [9.17, 15) is 22.4 Å². The van der Waals surface area contributed by atoms with Gasteiger partial charge in [-0.25, -0.2) is 12.8 Å². The molecule has 158 valence electrons. The Morgan fingerprint density at radius 3 is 2.43 bits per heavy atom. The number of carbonyl (C=O) groups is 2. The smallest absolute Gasteiger partial charge is 0.291 e. The summed E-state index contributed by atoms with van der Waals surface area (Å²) in [6.07, 6.45) is 0.581. The van der Waals surface area contributed by atoms with E-state index in [-0.39, 0.29) is 18.1 Å². The van der Waals surface area contributed by atoms with Gasteiger partial charge in [0, 0.05) is 26.2 Å². The molecule has 0 spiro atoms. The Kier molecular flexibility index (Phi) is 5.44. The minimum atomic E-state index is -3.72. The van der Waals surface area contributed by atoms with Crippen molar-refractivity contribution in [1.29, 1.82) is 0 Å². The first-order chi connectivity index (χ1) is 14.3. The molecule has 0 aliphatic carbocycles. The van der Waals surface area contributed by atoms with Crippen molar-refractivity contribution in [2.45, 2.75) is 18.2 Å². The maximum Gasteiger partial charge on any atom is 0.300 e. The molecule has 0 saturated carbocycles. The van der Waals surface area contributed by atoms with Crippen LogP contribution in [-0.2, 0) is 14.8 Å². The quantitative estimate of drug-likeness (QED) is 0.693. The Morgan fingerprint density at radius 1 is 0.967 bits per heavy atom. The molecule has 7 nitrogen and oxygen atoms in total. The molecule has 2 aromatic rings. The molecule has 2 aliphatic rings. The van der Waals surface area contributed by atoms with Gasteiger partial charge in [-0.3, -0.25) is 19.4 Å². The zero-order valence-corrected chi connectivity index (χ0v) is 17.4. The number of hydrogen-bond acceptors (Lipinski definition) is 5. The van der Waals surface area contributed by atoms with Gasteiger partial charge in [-0.2, -0.15) is 4.31 Å². The zero-order chi connectivity index (χ0) is 21.5. The largest absolute Gasteiger partial charge is 0.300 e. The number of anilines is 1. The molecular weight excluding hydrogens is 409 g/mol. The van der Waals surface area contributed by atoms with Crippen LogP contribution in [0.25, 0.3) is 0 Å². The number of hydrogen-bond donors (Lipinski definition) is 0. The predicted octanol–water partition coefficient (Wildman–Crippen LogP) is 2.02. The van der Waals surface area contributed by atoms with Gasteiger partial charge in [-0.15, -0.1) is 0 Å². The highest BCUT2D eigenvalue weighted by Crippen LogP contribution is 2.30. The highest BCUT2D eigenvalue weighted by Gasteiger charge is 2.37. The number of benzene rings is 2. The molecule has 0 aromatic heterocycles. The van der Waals surface area contributed by atoms with Crippen LogP contribution < -0.4 is 4.90 Å². The molecule has 30 heavy (non-hydrogen) atoms. The number of ketones is 1. The van der Waals surface area contributed by atoms with Crippen LogP contribution in [0.1, 0.15) is 22.3 Å². The van der Waals surface area contributed by atoms with Crippen LogP contribution >= 0.6 is 0 Å². The summed E-state index contributed by atoms with van der Waals surface area (Å²) in [5.41, 5.74) is 1.92. The third-order valence-corrected chi connectivity index (χ3v) is 7.38. The van der Waals surface area contributed by atoms with Gasteiger partial charge in [0.15, 0.2) is 0 Å². The fourth-order valence-corrected chi connectivity index (χ4v) is 5.31. The van der Waals surface area contributed by atoms with Crippen LogP contribution in [0.15, 0.2) is 47.4 Å². The van der Waals surface area contributed by atoms with Crippen molar-refractivity contribution in [1.82, 2.24) is 9.21 Å². The summed E-state index contributed by atoms with van der Waals surface area (Å²) >= 11 is 0. The lowest BCUT2D eigenvalue weighted by molar-refractivity contribution is -0.114. The number of rotatable bonds is 4. The standard InChI is InChI=1S/C21H22FN3O4S/c1-15-3-8-19-18(13-15)20(26)21(27)25(19)14-23-9-2-10-24(12-11-23)30(28,29)17-6-4-16(22)5-7-17/h3-8,13H,2,9-12,14H2,1H3. The molecule has 1 fully saturated rings. The molecule has 4 rings (SSSR count). The topological polar surface area (TPSA) is 78.0 Å². The molecule has 0 atom stereocenters. The second kappa shape index (κ2) is 7.90. The van der Waals surface area contributed by atoms with Crippen LogP contribution in [0.2, 0.25) is 0 Å². The first kappa shape index (κ1) is 20.6. The van der Waals surface area contributed by atoms with Crippen molar-refractivity contribution in [2.24, 2.45) is 0 Å². The molecule has 0 radical (unpaired) electrons. The van der Waals surface area contributed by atoms with Gasteiger partial charge < -0.3 is 0 Å². The van der Waals surface area contributed by atoms with Crippen LogP contribution in [0.4, 0.5) is 10.1 Å². The van der Waals surface area contributed by atoms with Gasteiger partial charge in [0.05, 0.1) is 22.8 Å². The molecule has 0 bridgehead atoms. The van der Waals surface area contributed by atoms with Gasteiger partial charge >= 0.3 is 5.91 Å². The second-order valence-electron chi connectivity index (χ2n) is 7.55. The first-order valence-corrected chi connectivity index (χ1v) is 11.2. The summed E-state index contributed by atoms with van der Waals surface area (Å²) in [7, 11) is -3.72. The van der Waals surface area contributed by atoms with Crippen LogP contribution in [-0.4, -0.2) is 62.2 Å². The average Bonchev–Trinajstić information content (AvgIpc) is 2.88. The van der Waals surface area contributed by atoms with E-state index in [4.69, 9.17) is 0 Å². The predicted molar refractivity (Wildman–Crippen MR) is 109 cm³/mol. The third kappa shape index (κ3) is 3.76. The van der Waals surface area contributed by atoms with E-state index < -0.39 is 27.5 Å². The van der Waals surface area contributed by atoms with Crippen LogP contribution in [0.5, 0.6) is 0 Å². The molecule has 1 saturated heterocycles. The fraction of sp³-hybridized carbons (Fsp3) is 0.333. The molecule has 2 heterocycles. The van der Waals surface area contributed by atoms with Crippen molar-refractivity contribution in [3.63, 3.8) is 0 Å².